The van der Waals surface area contributed by atoms with Crippen LogP contribution in [0.15, 0.2) is 18.2 Å². The van der Waals surface area contributed by atoms with Crippen molar-refractivity contribution in [3.05, 3.63) is 23.9 Å². The molecule has 1 aromatic rings. The van der Waals surface area contributed by atoms with E-state index in [1.54, 1.807) is 6.07 Å². The summed E-state index contributed by atoms with van der Waals surface area (Å²) in [5.41, 5.74) is 5.08. The summed E-state index contributed by atoms with van der Waals surface area (Å²) in [6.45, 7) is 2.59. The summed E-state index contributed by atoms with van der Waals surface area (Å²) >= 11 is 0. The zero-order chi connectivity index (χ0) is 14.0. The maximum Gasteiger partial charge on any atom is 0.433 e. The van der Waals surface area contributed by atoms with Gasteiger partial charge in [0.1, 0.15) is 11.5 Å². The zero-order valence-electron chi connectivity index (χ0n) is 10.8. The summed E-state index contributed by atoms with van der Waals surface area (Å²) in [5.74, 6) is 0.372. The number of nitrogens with two attached hydrogens (primary N) is 1. The van der Waals surface area contributed by atoms with E-state index >= 15 is 0 Å². The lowest BCUT2D eigenvalue weighted by atomic mass is 9.97. The molecule has 0 amide bonds. The SMILES string of the molecule is CC(N)C1CCCCN1c1cccc(C(F)(F)F)n1. The van der Waals surface area contributed by atoms with E-state index in [1.807, 2.05) is 11.8 Å². The molecule has 2 N–H and O–H groups in total. The van der Waals surface area contributed by atoms with E-state index in [9.17, 15) is 13.2 Å². The molecule has 0 bridgehead atoms. The van der Waals surface area contributed by atoms with Crippen LogP contribution < -0.4 is 10.6 Å². The maximum atomic E-state index is 12.7. The minimum absolute atomic E-state index is 0.0599. The highest BCUT2D eigenvalue weighted by Gasteiger charge is 2.34. The van der Waals surface area contributed by atoms with Crippen molar-refractivity contribution in [1.82, 2.24) is 4.98 Å². The smallest absolute Gasteiger partial charge is 0.352 e. The number of pyridine rings is 1. The average molecular weight is 273 g/mol. The number of hydrogen-bond donors (Lipinski definition) is 1. The summed E-state index contributed by atoms with van der Waals surface area (Å²) < 4.78 is 38.1. The molecule has 0 spiro atoms. The van der Waals surface area contributed by atoms with Gasteiger partial charge in [-0.05, 0) is 38.3 Å². The molecule has 6 heteroatoms. The van der Waals surface area contributed by atoms with Gasteiger partial charge in [0.15, 0.2) is 0 Å². The van der Waals surface area contributed by atoms with E-state index in [0.717, 1.165) is 25.3 Å². The molecule has 0 aromatic carbocycles. The molecule has 1 saturated heterocycles. The van der Waals surface area contributed by atoms with E-state index < -0.39 is 11.9 Å². The van der Waals surface area contributed by atoms with Crippen LogP contribution in [0.25, 0.3) is 0 Å². The van der Waals surface area contributed by atoms with Gasteiger partial charge >= 0.3 is 6.18 Å². The molecule has 1 aliphatic heterocycles. The van der Waals surface area contributed by atoms with Gasteiger partial charge in [-0.3, -0.25) is 0 Å². The van der Waals surface area contributed by atoms with E-state index in [0.29, 0.717) is 12.4 Å². The van der Waals surface area contributed by atoms with Gasteiger partial charge in [-0.2, -0.15) is 13.2 Å². The Morgan fingerprint density at radius 2 is 2.11 bits per heavy atom. The molecule has 19 heavy (non-hydrogen) atoms. The monoisotopic (exact) mass is 273 g/mol. The first kappa shape index (κ1) is 14.1. The Hall–Kier alpha value is -1.30. The van der Waals surface area contributed by atoms with Crippen LogP contribution in [0.3, 0.4) is 0 Å². The Labute approximate surface area is 110 Å². The molecular formula is C13H18F3N3. The number of alkyl halides is 3. The summed E-state index contributed by atoms with van der Waals surface area (Å²) in [7, 11) is 0. The number of anilines is 1. The molecule has 0 aliphatic carbocycles. The Morgan fingerprint density at radius 3 is 2.74 bits per heavy atom. The topological polar surface area (TPSA) is 42.1 Å². The van der Waals surface area contributed by atoms with E-state index in [-0.39, 0.29) is 12.1 Å². The third kappa shape index (κ3) is 3.18. The first-order valence-corrected chi connectivity index (χ1v) is 6.46. The van der Waals surface area contributed by atoms with E-state index in [1.165, 1.54) is 6.07 Å². The summed E-state index contributed by atoms with van der Waals surface area (Å²) in [4.78, 5) is 5.65. The van der Waals surface area contributed by atoms with Gasteiger partial charge in [0.2, 0.25) is 0 Å². The lowest BCUT2D eigenvalue weighted by Crippen LogP contribution is -2.49. The van der Waals surface area contributed by atoms with Crippen molar-refractivity contribution < 1.29 is 13.2 Å². The standard InChI is InChI=1S/C13H18F3N3/c1-9(17)10-5-2-3-8-19(10)12-7-4-6-11(18-12)13(14,15)16/h4,6-7,9-10H,2-3,5,8,17H2,1H3. The Balaban J connectivity index is 2.29. The van der Waals surface area contributed by atoms with E-state index in [4.69, 9.17) is 5.73 Å². The molecule has 2 atom stereocenters. The van der Waals surface area contributed by atoms with Gasteiger partial charge in [-0.25, -0.2) is 4.98 Å². The summed E-state index contributed by atoms with van der Waals surface area (Å²) in [6, 6.07) is 3.99. The molecule has 1 aromatic heterocycles. The number of rotatable bonds is 2. The quantitative estimate of drug-likeness (QED) is 0.901. The number of nitrogens with zero attached hydrogens (tertiary/aromatic N) is 2. The van der Waals surface area contributed by atoms with Crippen LogP contribution in [0.5, 0.6) is 0 Å². The highest BCUT2D eigenvalue weighted by molar-refractivity contribution is 5.42. The van der Waals surface area contributed by atoms with Gasteiger partial charge in [0.25, 0.3) is 0 Å². The predicted octanol–water partition coefficient (Wildman–Crippen LogP) is 2.81. The van der Waals surface area contributed by atoms with Crippen LogP contribution in [0.4, 0.5) is 19.0 Å². The first-order valence-electron chi connectivity index (χ1n) is 6.46. The fraction of sp³-hybridized carbons (Fsp3) is 0.615. The lowest BCUT2D eigenvalue weighted by molar-refractivity contribution is -0.141. The molecule has 106 valence electrons. The summed E-state index contributed by atoms with van der Waals surface area (Å²) in [6.07, 6.45) is -1.49. The highest BCUT2D eigenvalue weighted by atomic mass is 19.4. The molecule has 0 radical (unpaired) electrons. The number of aromatic nitrogens is 1. The third-order valence-electron chi connectivity index (χ3n) is 3.48. The van der Waals surface area contributed by atoms with Gasteiger partial charge < -0.3 is 10.6 Å². The second kappa shape index (κ2) is 5.36. The molecular weight excluding hydrogens is 255 g/mol. The van der Waals surface area contributed by atoms with Gasteiger partial charge in [0.05, 0.1) is 0 Å². The Morgan fingerprint density at radius 1 is 1.37 bits per heavy atom. The largest absolute Gasteiger partial charge is 0.433 e. The summed E-state index contributed by atoms with van der Waals surface area (Å²) in [5, 5.41) is 0. The molecule has 2 rings (SSSR count). The Kier molecular flexibility index (Phi) is 3.99. The molecule has 2 heterocycles. The van der Waals surface area contributed by atoms with Crippen molar-refractivity contribution in [2.75, 3.05) is 11.4 Å². The van der Waals surface area contributed by atoms with Crippen molar-refractivity contribution in [1.29, 1.82) is 0 Å². The molecule has 1 aliphatic rings. The first-order chi connectivity index (χ1) is 8.89. The normalized spacial score (nSPS) is 22.4. The number of piperidine rings is 1. The molecule has 1 fully saturated rings. The van der Waals surface area contributed by atoms with Crippen molar-refractivity contribution >= 4 is 5.82 Å². The minimum atomic E-state index is -4.41. The van der Waals surface area contributed by atoms with Crippen LogP contribution in [0.2, 0.25) is 0 Å². The lowest BCUT2D eigenvalue weighted by Gasteiger charge is -2.39. The fourth-order valence-electron chi connectivity index (χ4n) is 2.53. The van der Waals surface area contributed by atoms with Crippen LogP contribution >= 0.6 is 0 Å². The second-order valence-corrected chi connectivity index (χ2v) is 4.99. The van der Waals surface area contributed by atoms with Crippen LogP contribution in [0, 0.1) is 0 Å². The van der Waals surface area contributed by atoms with Crippen molar-refractivity contribution in [2.45, 2.75) is 44.4 Å². The maximum absolute atomic E-state index is 12.7. The average Bonchev–Trinajstić information content (AvgIpc) is 2.38. The van der Waals surface area contributed by atoms with Gasteiger partial charge in [-0.1, -0.05) is 6.07 Å². The zero-order valence-corrected chi connectivity index (χ0v) is 10.8. The van der Waals surface area contributed by atoms with Gasteiger partial charge in [-0.15, -0.1) is 0 Å². The van der Waals surface area contributed by atoms with Crippen LogP contribution in [0.1, 0.15) is 31.9 Å². The van der Waals surface area contributed by atoms with Crippen LogP contribution in [-0.4, -0.2) is 23.6 Å². The minimum Gasteiger partial charge on any atom is -0.352 e. The fourth-order valence-corrected chi connectivity index (χ4v) is 2.53. The predicted molar refractivity (Wildman–Crippen MR) is 67.9 cm³/mol. The van der Waals surface area contributed by atoms with Crippen molar-refractivity contribution in [3.8, 4) is 0 Å². The van der Waals surface area contributed by atoms with E-state index in [2.05, 4.69) is 4.98 Å². The third-order valence-corrected chi connectivity index (χ3v) is 3.48. The second-order valence-electron chi connectivity index (χ2n) is 4.99. The molecule has 3 nitrogen and oxygen atoms in total. The van der Waals surface area contributed by atoms with Crippen molar-refractivity contribution in [2.24, 2.45) is 5.73 Å². The van der Waals surface area contributed by atoms with Gasteiger partial charge in [0, 0.05) is 18.6 Å². The molecule has 0 saturated carbocycles. The van der Waals surface area contributed by atoms with Crippen molar-refractivity contribution in [3.63, 3.8) is 0 Å². The Bertz CT molecular complexity index is 431. The van der Waals surface area contributed by atoms with Crippen LogP contribution in [-0.2, 0) is 6.18 Å². The highest BCUT2D eigenvalue weighted by Crippen LogP contribution is 2.31. The number of halogens is 3. The number of hydrogen-bond acceptors (Lipinski definition) is 3. The molecule has 2 unspecified atom stereocenters.